The number of aliphatic hydroxyl groups is 1. The van der Waals surface area contributed by atoms with Gasteiger partial charge in [0.25, 0.3) is 0 Å². The summed E-state index contributed by atoms with van der Waals surface area (Å²) in [6.45, 7) is 1.44. The van der Waals surface area contributed by atoms with E-state index >= 15 is 0 Å². The maximum Gasteiger partial charge on any atom is 0.237 e. The molecule has 0 bridgehead atoms. The zero-order valence-corrected chi connectivity index (χ0v) is 12.1. The van der Waals surface area contributed by atoms with E-state index in [4.69, 9.17) is 5.26 Å². The third kappa shape index (κ3) is 3.71. The molecule has 2 aliphatic heterocycles. The molecule has 0 aromatic heterocycles. The molecule has 0 spiro atoms. The third-order valence-corrected chi connectivity index (χ3v) is 4.18. The summed E-state index contributed by atoms with van der Waals surface area (Å²) in [5.74, 6) is -0.218. The van der Waals surface area contributed by atoms with Crippen molar-refractivity contribution in [1.82, 2.24) is 15.1 Å². The molecule has 2 amide bonds. The summed E-state index contributed by atoms with van der Waals surface area (Å²) in [5, 5.41) is 21.0. The summed E-state index contributed by atoms with van der Waals surface area (Å²) in [6, 6.07) is 1.71. The van der Waals surface area contributed by atoms with Gasteiger partial charge in [0.05, 0.1) is 31.8 Å². The Morgan fingerprint density at radius 1 is 1.14 bits per heavy atom. The van der Waals surface area contributed by atoms with Crippen molar-refractivity contribution in [2.24, 2.45) is 0 Å². The largest absolute Gasteiger partial charge is 0.394 e. The number of carbonyl (C=O) groups is 2. The van der Waals surface area contributed by atoms with Crippen molar-refractivity contribution < 1.29 is 14.7 Å². The molecule has 0 aliphatic carbocycles. The zero-order chi connectivity index (χ0) is 15.2. The fourth-order valence-corrected chi connectivity index (χ4v) is 3.03. The van der Waals surface area contributed by atoms with Gasteiger partial charge in [-0.15, -0.1) is 0 Å². The monoisotopic (exact) mass is 294 g/mol. The molecule has 2 rings (SSSR count). The fourth-order valence-electron chi connectivity index (χ4n) is 3.03. The Morgan fingerprint density at radius 3 is 2.43 bits per heavy atom. The number of hydrogen-bond acceptors (Lipinski definition) is 5. The van der Waals surface area contributed by atoms with E-state index in [0.717, 1.165) is 25.7 Å². The van der Waals surface area contributed by atoms with Crippen molar-refractivity contribution in [2.45, 2.75) is 37.8 Å². The number of nitrogens with one attached hydrogen (secondary N) is 1. The molecular weight excluding hydrogens is 272 g/mol. The molecule has 2 heterocycles. The van der Waals surface area contributed by atoms with Crippen LogP contribution in [-0.4, -0.2) is 71.6 Å². The van der Waals surface area contributed by atoms with E-state index in [1.807, 2.05) is 0 Å². The van der Waals surface area contributed by atoms with Gasteiger partial charge in [0, 0.05) is 13.1 Å². The molecular formula is C14H22N4O3. The second-order valence-electron chi connectivity index (χ2n) is 5.54. The van der Waals surface area contributed by atoms with E-state index in [1.54, 1.807) is 9.80 Å². The van der Waals surface area contributed by atoms with Gasteiger partial charge in [-0.1, -0.05) is 0 Å². The average molecular weight is 294 g/mol. The van der Waals surface area contributed by atoms with Crippen LogP contribution in [0.4, 0.5) is 0 Å². The summed E-state index contributed by atoms with van der Waals surface area (Å²) >= 11 is 0. The second kappa shape index (κ2) is 7.38. The number of nitriles is 1. The van der Waals surface area contributed by atoms with Gasteiger partial charge in [-0.2, -0.15) is 5.26 Å². The molecule has 2 aliphatic rings. The van der Waals surface area contributed by atoms with Gasteiger partial charge in [0.2, 0.25) is 11.8 Å². The summed E-state index contributed by atoms with van der Waals surface area (Å²) in [5.41, 5.74) is 0. The maximum absolute atomic E-state index is 12.0. The molecule has 2 atom stereocenters. The number of nitrogens with zero attached hydrogens (tertiary/aromatic N) is 3. The van der Waals surface area contributed by atoms with Crippen molar-refractivity contribution in [3.63, 3.8) is 0 Å². The topological polar surface area (TPSA) is 96.7 Å². The van der Waals surface area contributed by atoms with E-state index in [9.17, 15) is 14.7 Å². The molecule has 2 saturated heterocycles. The Hall–Kier alpha value is -1.65. The van der Waals surface area contributed by atoms with Crippen LogP contribution in [0.15, 0.2) is 0 Å². The van der Waals surface area contributed by atoms with Crippen LogP contribution < -0.4 is 5.32 Å². The molecule has 1 unspecified atom stereocenters. The lowest BCUT2D eigenvalue weighted by Gasteiger charge is -2.24. The first-order valence-electron chi connectivity index (χ1n) is 7.47. The molecule has 7 heteroatoms. The van der Waals surface area contributed by atoms with Crippen LogP contribution in [0, 0.1) is 11.3 Å². The van der Waals surface area contributed by atoms with Crippen LogP contribution >= 0.6 is 0 Å². The van der Waals surface area contributed by atoms with Crippen molar-refractivity contribution in [3.05, 3.63) is 0 Å². The van der Waals surface area contributed by atoms with Gasteiger partial charge >= 0.3 is 0 Å². The van der Waals surface area contributed by atoms with Gasteiger partial charge in [-0.25, -0.2) is 0 Å². The Morgan fingerprint density at radius 2 is 1.76 bits per heavy atom. The molecule has 116 valence electrons. The summed E-state index contributed by atoms with van der Waals surface area (Å²) in [4.78, 5) is 27.2. The fraction of sp³-hybridized carbons (Fsp3) is 0.786. The van der Waals surface area contributed by atoms with Crippen molar-refractivity contribution >= 4 is 11.8 Å². The SMILES string of the molecule is N#CC1CCCN1C(=O)CNCC(=O)N1CCC[C@@H]1CO. The van der Waals surface area contributed by atoms with Gasteiger partial charge in [-0.3, -0.25) is 14.9 Å². The number of aliphatic hydroxyl groups excluding tert-OH is 1. The molecule has 2 N–H and O–H groups in total. The van der Waals surface area contributed by atoms with E-state index in [1.165, 1.54) is 0 Å². The predicted octanol–water partition coefficient (Wildman–Crippen LogP) is -0.926. The smallest absolute Gasteiger partial charge is 0.237 e. The minimum absolute atomic E-state index is 0.0116. The number of amides is 2. The highest BCUT2D eigenvalue weighted by Crippen LogP contribution is 2.17. The Bertz CT molecular complexity index is 434. The quantitative estimate of drug-likeness (QED) is 0.683. The highest BCUT2D eigenvalue weighted by molar-refractivity contribution is 5.82. The van der Waals surface area contributed by atoms with Crippen molar-refractivity contribution in [3.8, 4) is 6.07 Å². The van der Waals surface area contributed by atoms with Crippen LogP contribution in [-0.2, 0) is 9.59 Å². The number of carbonyl (C=O) groups excluding carboxylic acids is 2. The molecule has 0 saturated carbocycles. The summed E-state index contributed by atoms with van der Waals surface area (Å²) < 4.78 is 0. The maximum atomic E-state index is 12.0. The van der Waals surface area contributed by atoms with Crippen LogP contribution in [0.3, 0.4) is 0 Å². The summed E-state index contributed by atoms with van der Waals surface area (Å²) in [7, 11) is 0. The van der Waals surface area contributed by atoms with Crippen molar-refractivity contribution in [1.29, 1.82) is 5.26 Å². The molecule has 0 aromatic carbocycles. The Balaban J connectivity index is 1.73. The molecule has 7 nitrogen and oxygen atoms in total. The molecule has 2 fully saturated rings. The summed E-state index contributed by atoms with van der Waals surface area (Å²) in [6.07, 6.45) is 3.33. The minimum Gasteiger partial charge on any atom is -0.394 e. The predicted molar refractivity (Wildman–Crippen MR) is 75.0 cm³/mol. The lowest BCUT2D eigenvalue weighted by molar-refractivity contribution is -0.132. The lowest BCUT2D eigenvalue weighted by atomic mass is 10.2. The number of likely N-dealkylation sites (tertiary alicyclic amines) is 2. The normalized spacial score (nSPS) is 25.1. The van der Waals surface area contributed by atoms with Crippen LogP contribution in [0.1, 0.15) is 25.7 Å². The minimum atomic E-state index is -0.327. The van der Waals surface area contributed by atoms with Gasteiger partial charge in [0.1, 0.15) is 6.04 Å². The molecule has 0 aromatic rings. The first kappa shape index (κ1) is 15.7. The number of hydrogen-bond donors (Lipinski definition) is 2. The van der Waals surface area contributed by atoms with Crippen LogP contribution in [0.2, 0.25) is 0 Å². The Kier molecular flexibility index (Phi) is 5.53. The standard InChI is InChI=1S/C14H22N4O3/c15-7-11-3-1-5-17(11)13(20)8-16-9-14(21)18-6-2-4-12(18)10-19/h11-12,16,19H,1-6,8-10H2/t11?,12-/m1/s1. The van der Waals surface area contributed by atoms with Gasteiger partial charge < -0.3 is 14.9 Å². The highest BCUT2D eigenvalue weighted by Gasteiger charge is 2.29. The first-order valence-corrected chi connectivity index (χ1v) is 7.47. The molecule has 21 heavy (non-hydrogen) atoms. The first-order chi connectivity index (χ1) is 10.2. The lowest BCUT2D eigenvalue weighted by Crippen LogP contribution is -2.46. The van der Waals surface area contributed by atoms with Crippen molar-refractivity contribution in [2.75, 3.05) is 32.8 Å². The zero-order valence-electron chi connectivity index (χ0n) is 12.1. The van der Waals surface area contributed by atoms with Gasteiger partial charge in [-0.05, 0) is 25.7 Å². The van der Waals surface area contributed by atoms with Crippen LogP contribution in [0.25, 0.3) is 0 Å². The second-order valence-corrected chi connectivity index (χ2v) is 5.54. The van der Waals surface area contributed by atoms with E-state index in [0.29, 0.717) is 13.1 Å². The van der Waals surface area contributed by atoms with E-state index in [-0.39, 0.29) is 43.6 Å². The van der Waals surface area contributed by atoms with E-state index in [2.05, 4.69) is 11.4 Å². The Labute approximate surface area is 124 Å². The number of rotatable bonds is 5. The van der Waals surface area contributed by atoms with Crippen LogP contribution in [0.5, 0.6) is 0 Å². The average Bonchev–Trinajstić information content (AvgIpc) is 3.15. The van der Waals surface area contributed by atoms with E-state index < -0.39 is 0 Å². The highest BCUT2D eigenvalue weighted by atomic mass is 16.3. The van der Waals surface area contributed by atoms with Gasteiger partial charge in [0.15, 0.2) is 0 Å². The third-order valence-electron chi connectivity index (χ3n) is 4.18. The molecule has 0 radical (unpaired) electrons.